The van der Waals surface area contributed by atoms with Crippen molar-refractivity contribution in [1.29, 1.82) is 0 Å². The second-order valence-corrected chi connectivity index (χ2v) is 7.22. The predicted molar refractivity (Wildman–Crippen MR) is 95.0 cm³/mol. The van der Waals surface area contributed by atoms with Crippen LogP contribution < -0.4 is 16.1 Å². The quantitative estimate of drug-likeness (QED) is 0.764. The Labute approximate surface area is 151 Å². The van der Waals surface area contributed by atoms with Gasteiger partial charge in [0.1, 0.15) is 12.7 Å². The zero-order valence-electron chi connectivity index (χ0n) is 13.9. The van der Waals surface area contributed by atoms with Crippen LogP contribution in [-0.2, 0) is 4.79 Å². The minimum atomic E-state index is -0.276. The summed E-state index contributed by atoms with van der Waals surface area (Å²) in [6.07, 6.45) is 4.39. The van der Waals surface area contributed by atoms with Crippen LogP contribution in [0.25, 0.3) is 0 Å². The molecule has 3 N–H and O–H groups in total. The SMILES string of the molecule is O=C(CN1NC2CNC3CCCCC3N2C1=O)Nc1ccccc1Cl. The van der Waals surface area contributed by atoms with E-state index in [1.165, 1.54) is 11.4 Å². The molecule has 0 bridgehead atoms. The summed E-state index contributed by atoms with van der Waals surface area (Å²) >= 11 is 6.06. The Balaban J connectivity index is 1.41. The van der Waals surface area contributed by atoms with Gasteiger partial charge in [-0.05, 0) is 25.0 Å². The highest BCUT2D eigenvalue weighted by Crippen LogP contribution is 2.30. The topological polar surface area (TPSA) is 76.7 Å². The van der Waals surface area contributed by atoms with E-state index in [0.717, 1.165) is 19.3 Å². The maximum absolute atomic E-state index is 12.8. The molecule has 4 rings (SSSR count). The predicted octanol–water partition coefficient (Wildman–Crippen LogP) is 1.76. The molecular formula is C17H22ClN5O2. The Morgan fingerprint density at radius 3 is 2.92 bits per heavy atom. The third-order valence-corrected chi connectivity index (χ3v) is 5.53. The van der Waals surface area contributed by atoms with E-state index < -0.39 is 0 Å². The van der Waals surface area contributed by atoms with Crippen LogP contribution in [0.5, 0.6) is 0 Å². The fourth-order valence-electron chi connectivity index (χ4n) is 4.04. The monoisotopic (exact) mass is 363 g/mol. The van der Waals surface area contributed by atoms with Crippen LogP contribution in [0.1, 0.15) is 25.7 Å². The summed E-state index contributed by atoms with van der Waals surface area (Å²) in [5.41, 5.74) is 3.71. The zero-order chi connectivity index (χ0) is 17.4. The number of urea groups is 1. The summed E-state index contributed by atoms with van der Waals surface area (Å²) in [4.78, 5) is 27.0. The number of carbonyl (C=O) groups is 2. The largest absolute Gasteiger partial charge is 0.336 e. The molecule has 3 unspecified atom stereocenters. The van der Waals surface area contributed by atoms with E-state index in [1.54, 1.807) is 24.3 Å². The molecule has 1 aromatic carbocycles. The molecule has 0 radical (unpaired) electrons. The lowest BCUT2D eigenvalue weighted by atomic mass is 9.87. The van der Waals surface area contributed by atoms with Gasteiger partial charge in [-0.2, -0.15) is 0 Å². The third kappa shape index (κ3) is 3.19. The van der Waals surface area contributed by atoms with Gasteiger partial charge < -0.3 is 15.5 Å². The van der Waals surface area contributed by atoms with E-state index in [1.807, 2.05) is 4.90 Å². The van der Waals surface area contributed by atoms with Gasteiger partial charge in [-0.3, -0.25) is 4.79 Å². The van der Waals surface area contributed by atoms with Crippen molar-refractivity contribution in [1.82, 2.24) is 20.7 Å². The van der Waals surface area contributed by atoms with E-state index in [-0.39, 0.29) is 30.7 Å². The fourth-order valence-corrected chi connectivity index (χ4v) is 4.22. The van der Waals surface area contributed by atoms with Crippen molar-refractivity contribution in [2.75, 3.05) is 18.4 Å². The molecule has 8 heteroatoms. The van der Waals surface area contributed by atoms with Crippen molar-refractivity contribution in [3.05, 3.63) is 29.3 Å². The van der Waals surface area contributed by atoms with Gasteiger partial charge >= 0.3 is 6.03 Å². The molecule has 2 saturated heterocycles. The third-order valence-electron chi connectivity index (χ3n) is 5.20. The number of nitrogens with zero attached hydrogens (tertiary/aromatic N) is 2. The van der Waals surface area contributed by atoms with Gasteiger partial charge in [0.05, 0.1) is 16.8 Å². The van der Waals surface area contributed by atoms with Gasteiger partial charge in [0.2, 0.25) is 5.91 Å². The average Bonchev–Trinajstić information content (AvgIpc) is 2.93. The molecule has 2 heterocycles. The average molecular weight is 364 g/mol. The Morgan fingerprint density at radius 2 is 2.08 bits per heavy atom. The number of rotatable bonds is 3. The summed E-state index contributed by atoms with van der Waals surface area (Å²) < 4.78 is 0. The number of carbonyl (C=O) groups excluding carboxylic acids is 2. The summed E-state index contributed by atoms with van der Waals surface area (Å²) in [6, 6.07) is 7.52. The molecule has 3 amide bonds. The van der Waals surface area contributed by atoms with E-state index in [9.17, 15) is 9.59 Å². The van der Waals surface area contributed by atoms with Crippen molar-refractivity contribution in [2.24, 2.45) is 0 Å². The van der Waals surface area contributed by atoms with Crippen molar-refractivity contribution in [3.8, 4) is 0 Å². The minimum absolute atomic E-state index is 0.0472. The minimum Gasteiger partial charge on any atom is -0.323 e. The molecule has 2 aliphatic heterocycles. The molecular weight excluding hydrogens is 342 g/mol. The smallest absolute Gasteiger partial charge is 0.323 e. The van der Waals surface area contributed by atoms with Crippen LogP contribution in [0, 0.1) is 0 Å². The van der Waals surface area contributed by atoms with Crippen LogP contribution in [0.4, 0.5) is 10.5 Å². The van der Waals surface area contributed by atoms with Gasteiger partial charge in [0.25, 0.3) is 0 Å². The van der Waals surface area contributed by atoms with Crippen molar-refractivity contribution in [3.63, 3.8) is 0 Å². The highest BCUT2D eigenvalue weighted by atomic mass is 35.5. The molecule has 3 atom stereocenters. The molecule has 3 aliphatic rings. The molecule has 1 aliphatic carbocycles. The summed E-state index contributed by atoms with van der Waals surface area (Å²) in [7, 11) is 0. The number of halogens is 1. The van der Waals surface area contributed by atoms with Crippen molar-refractivity contribution in [2.45, 2.75) is 43.9 Å². The molecule has 0 aromatic heterocycles. The second-order valence-electron chi connectivity index (χ2n) is 6.82. The van der Waals surface area contributed by atoms with Crippen LogP contribution in [0.3, 0.4) is 0 Å². The van der Waals surface area contributed by atoms with Gasteiger partial charge in [-0.15, -0.1) is 0 Å². The first-order valence-electron chi connectivity index (χ1n) is 8.77. The molecule has 0 spiro atoms. The summed E-state index contributed by atoms with van der Waals surface area (Å²) in [5.74, 6) is -0.276. The number of hydrazine groups is 1. The van der Waals surface area contributed by atoms with Gasteiger partial charge in [-0.1, -0.05) is 36.6 Å². The lowest BCUT2D eigenvalue weighted by molar-refractivity contribution is -0.117. The highest BCUT2D eigenvalue weighted by Gasteiger charge is 2.47. The Bertz CT molecular complexity index is 685. The Morgan fingerprint density at radius 1 is 1.28 bits per heavy atom. The second kappa shape index (κ2) is 6.82. The molecule has 25 heavy (non-hydrogen) atoms. The van der Waals surface area contributed by atoms with Gasteiger partial charge in [-0.25, -0.2) is 15.2 Å². The normalized spacial score (nSPS) is 28.5. The zero-order valence-corrected chi connectivity index (χ0v) is 14.6. The first-order valence-corrected chi connectivity index (χ1v) is 9.15. The van der Waals surface area contributed by atoms with E-state index in [0.29, 0.717) is 23.3 Å². The maximum Gasteiger partial charge on any atom is 0.336 e. The first kappa shape index (κ1) is 16.6. The van der Waals surface area contributed by atoms with E-state index in [2.05, 4.69) is 16.1 Å². The number of para-hydroxylation sites is 1. The lowest BCUT2D eigenvalue weighted by Gasteiger charge is -2.44. The lowest BCUT2D eigenvalue weighted by Crippen LogP contribution is -2.64. The van der Waals surface area contributed by atoms with Crippen LogP contribution in [0.15, 0.2) is 24.3 Å². The van der Waals surface area contributed by atoms with Gasteiger partial charge in [0.15, 0.2) is 0 Å². The summed E-state index contributed by atoms with van der Waals surface area (Å²) in [6.45, 7) is 0.657. The van der Waals surface area contributed by atoms with E-state index in [4.69, 9.17) is 11.6 Å². The molecule has 134 valence electrons. The number of piperazine rings is 1. The number of nitrogens with one attached hydrogen (secondary N) is 3. The number of amides is 3. The number of benzene rings is 1. The molecule has 1 saturated carbocycles. The highest BCUT2D eigenvalue weighted by molar-refractivity contribution is 6.33. The van der Waals surface area contributed by atoms with Crippen molar-refractivity contribution >= 4 is 29.2 Å². The van der Waals surface area contributed by atoms with Crippen molar-refractivity contribution < 1.29 is 9.59 Å². The Kier molecular flexibility index (Phi) is 4.54. The first-order chi connectivity index (χ1) is 12.1. The molecule has 1 aromatic rings. The van der Waals surface area contributed by atoms with Crippen LogP contribution in [-0.4, -0.2) is 53.2 Å². The Hall–Kier alpha value is -1.83. The number of hydrogen-bond acceptors (Lipinski definition) is 4. The number of anilines is 1. The molecule has 7 nitrogen and oxygen atoms in total. The molecule has 3 fully saturated rings. The van der Waals surface area contributed by atoms with E-state index >= 15 is 0 Å². The maximum atomic E-state index is 12.8. The fraction of sp³-hybridized carbons (Fsp3) is 0.529. The standard InChI is InChI=1S/C17H22ClN5O2/c18-11-5-1-2-6-12(11)20-16(24)10-22-17(25)23-14-8-4-3-7-13(14)19-9-15(23)21-22/h1-2,5-6,13-15,19,21H,3-4,7-10H2,(H,20,24). The van der Waals surface area contributed by atoms with Crippen LogP contribution >= 0.6 is 11.6 Å². The van der Waals surface area contributed by atoms with Crippen LogP contribution in [0.2, 0.25) is 5.02 Å². The number of fused-ring (bicyclic) bond motifs is 3. The summed E-state index contributed by atoms with van der Waals surface area (Å²) in [5, 5.41) is 8.18. The number of hydrogen-bond donors (Lipinski definition) is 3. The van der Waals surface area contributed by atoms with Gasteiger partial charge in [0, 0.05) is 12.6 Å².